The number of rotatable bonds is 4. The first-order chi connectivity index (χ1) is 8.14. The predicted molar refractivity (Wildman–Crippen MR) is 65.8 cm³/mol. The van der Waals surface area contributed by atoms with Gasteiger partial charge < -0.3 is 20.3 Å². The molecule has 2 aliphatic rings. The van der Waals surface area contributed by atoms with Gasteiger partial charge >= 0.3 is 0 Å². The first-order valence-electron chi connectivity index (χ1n) is 6.78. The molecule has 0 saturated carbocycles. The topological polar surface area (TPSA) is 64.7 Å². The zero-order valence-electron chi connectivity index (χ0n) is 10.8. The van der Waals surface area contributed by atoms with Crippen LogP contribution in [0.1, 0.15) is 39.0 Å². The highest BCUT2D eigenvalue weighted by Crippen LogP contribution is 2.41. The third-order valence-electron chi connectivity index (χ3n) is 4.36. The molecule has 3 unspecified atom stereocenters. The second kappa shape index (κ2) is 5.22. The monoisotopic (exact) mass is 243 g/mol. The Kier molecular flexibility index (Phi) is 4.08. The molecular formula is C13H25NO3. The van der Waals surface area contributed by atoms with Crippen LogP contribution in [-0.2, 0) is 9.47 Å². The molecule has 0 aromatic rings. The zero-order chi connectivity index (χ0) is 12.4. The normalized spacial score (nSPS) is 37.2. The Morgan fingerprint density at radius 1 is 1.47 bits per heavy atom. The summed E-state index contributed by atoms with van der Waals surface area (Å²) in [6.07, 6.45) is 4.51. The SMILES string of the molecule is CCCC(O)(CN)C1CCOC2(CCOC2)C1. The lowest BCUT2D eigenvalue weighted by atomic mass is 9.73. The van der Waals surface area contributed by atoms with Crippen molar-refractivity contribution < 1.29 is 14.6 Å². The van der Waals surface area contributed by atoms with Crippen molar-refractivity contribution in [1.29, 1.82) is 0 Å². The highest BCUT2D eigenvalue weighted by molar-refractivity contribution is 4.97. The van der Waals surface area contributed by atoms with E-state index >= 15 is 0 Å². The molecular weight excluding hydrogens is 218 g/mol. The average Bonchev–Trinajstić information content (AvgIpc) is 2.77. The molecule has 2 rings (SSSR count). The van der Waals surface area contributed by atoms with Gasteiger partial charge in [-0.25, -0.2) is 0 Å². The van der Waals surface area contributed by atoms with E-state index in [1.807, 2.05) is 0 Å². The van der Waals surface area contributed by atoms with Gasteiger partial charge in [0.15, 0.2) is 0 Å². The molecule has 0 amide bonds. The van der Waals surface area contributed by atoms with Gasteiger partial charge in [-0.3, -0.25) is 0 Å². The minimum absolute atomic E-state index is 0.139. The van der Waals surface area contributed by atoms with Gasteiger partial charge in [-0.1, -0.05) is 13.3 Å². The second-order valence-electron chi connectivity index (χ2n) is 5.58. The molecule has 17 heavy (non-hydrogen) atoms. The maximum absolute atomic E-state index is 10.7. The fourth-order valence-electron chi connectivity index (χ4n) is 3.26. The molecule has 0 radical (unpaired) electrons. The molecule has 2 aliphatic heterocycles. The van der Waals surface area contributed by atoms with Gasteiger partial charge in [0.2, 0.25) is 0 Å². The lowest BCUT2D eigenvalue weighted by molar-refractivity contribution is -0.142. The third-order valence-corrected chi connectivity index (χ3v) is 4.36. The van der Waals surface area contributed by atoms with Crippen LogP contribution in [0.4, 0.5) is 0 Å². The summed E-state index contributed by atoms with van der Waals surface area (Å²) in [7, 11) is 0. The Labute approximate surface area is 103 Å². The van der Waals surface area contributed by atoms with Crippen LogP contribution >= 0.6 is 0 Å². The van der Waals surface area contributed by atoms with Crippen molar-refractivity contribution in [2.24, 2.45) is 11.7 Å². The summed E-state index contributed by atoms with van der Waals surface area (Å²) in [6.45, 7) is 4.62. The predicted octanol–water partition coefficient (Wildman–Crippen LogP) is 1.06. The van der Waals surface area contributed by atoms with Crippen LogP contribution < -0.4 is 5.73 Å². The van der Waals surface area contributed by atoms with Gasteiger partial charge in [-0.2, -0.15) is 0 Å². The van der Waals surface area contributed by atoms with Crippen LogP contribution in [0.2, 0.25) is 0 Å². The summed E-state index contributed by atoms with van der Waals surface area (Å²) < 4.78 is 11.4. The quantitative estimate of drug-likeness (QED) is 0.775. The standard InChI is InChI=1S/C13H25NO3/c1-2-4-13(15,9-14)11-3-6-17-12(8-11)5-7-16-10-12/h11,15H,2-10,14H2,1H3. The summed E-state index contributed by atoms with van der Waals surface area (Å²) >= 11 is 0. The van der Waals surface area contributed by atoms with Crippen LogP contribution in [0.25, 0.3) is 0 Å². The molecule has 0 aromatic carbocycles. The van der Waals surface area contributed by atoms with Gasteiger partial charge in [0, 0.05) is 26.2 Å². The van der Waals surface area contributed by atoms with Gasteiger partial charge in [0.1, 0.15) is 0 Å². The number of hydrogen-bond donors (Lipinski definition) is 2. The van der Waals surface area contributed by atoms with E-state index in [1.54, 1.807) is 0 Å². The van der Waals surface area contributed by atoms with Crippen molar-refractivity contribution in [3.8, 4) is 0 Å². The maximum atomic E-state index is 10.7. The molecule has 2 heterocycles. The third kappa shape index (κ3) is 2.65. The van der Waals surface area contributed by atoms with E-state index in [0.717, 1.165) is 45.3 Å². The number of nitrogens with two attached hydrogens (primary N) is 1. The molecule has 0 aliphatic carbocycles. The summed E-state index contributed by atoms with van der Waals surface area (Å²) in [4.78, 5) is 0. The van der Waals surface area contributed by atoms with Gasteiger partial charge in [-0.05, 0) is 25.2 Å². The lowest BCUT2D eigenvalue weighted by Gasteiger charge is -2.44. The molecule has 4 nitrogen and oxygen atoms in total. The Balaban J connectivity index is 2.05. The minimum atomic E-state index is -0.714. The number of hydrogen-bond acceptors (Lipinski definition) is 4. The lowest BCUT2D eigenvalue weighted by Crippen LogP contribution is -2.52. The summed E-state index contributed by atoms with van der Waals surface area (Å²) in [5, 5.41) is 10.7. The number of ether oxygens (including phenoxy) is 2. The molecule has 3 N–H and O–H groups in total. The second-order valence-corrected chi connectivity index (χ2v) is 5.58. The average molecular weight is 243 g/mol. The molecule has 100 valence electrons. The first-order valence-corrected chi connectivity index (χ1v) is 6.78. The Morgan fingerprint density at radius 3 is 2.88 bits per heavy atom. The van der Waals surface area contributed by atoms with E-state index in [-0.39, 0.29) is 11.5 Å². The van der Waals surface area contributed by atoms with E-state index in [1.165, 1.54) is 0 Å². The van der Waals surface area contributed by atoms with Crippen molar-refractivity contribution in [3.05, 3.63) is 0 Å². The largest absolute Gasteiger partial charge is 0.388 e. The van der Waals surface area contributed by atoms with E-state index in [2.05, 4.69) is 6.92 Å². The van der Waals surface area contributed by atoms with Crippen molar-refractivity contribution in [2.75, 3.05) is 26.4 Å². The molecule has 3 atom stereocenters. The number of aliphatic hydroxyl groups is 1. The fourth-order valence-corrected chi connectivity index (χ4v) is 3.26. The van der Waals surface area contributed by atoms with Crippen molar-refractivity contribution in [1.82, 2.24) is 0 Å². The van der Waals surface area contributed by atoms with Crippen molar-refractivity contribution in [2.45, 2.75) is 50.2 Å². The van der Waals surface area contributed by atoms with E-state index < -0.39 is 5.60 Å². The molecule has 4 heteroatoms. The van der Waals surface area contributed by atoms with E-state index in [0.29, 0.717) is 13.2 Å². The smallest absolute Gasteiger partial charge is 0.0940 e. The molecule has 2 saturated heterocycles. The minimum Gasteiger partial charge on any atom is -0.388 e. The van der Waals surface area contributed by atoms with Crippen LogP contribution in [0.15, 0.2) is 0 Å². The van der Waals surface area contributed by atoms with Crippen LogP contribution in [-0.4, -0.2) is 42.7 Å². The van der Waals surface area contributed by atoms with Crippen LogP contribution in [0, 0.1) is 5.92 Å². The van der Waals surface area contributed by atoms with Gasteiger partial charge in [0.25, 0.3) is 0 Å². The highest BCUT2D eigenvalue weighted by atomic mass is 16.6. The molecule has 0 bridgehead atoms. The first kappa shape index (κ1) is 13.3. The Hall–Kier alpha value is -0.160. The van der Waals surface area contributed by atoms with Crippen molar-refractivity contribution >= 4 is 0 Å². The summed E-state index contributed by atoms with van der Waals surface area (Å²) in [6, 6.07) is 0. The van der Waals surface area contributed by atoms with Crippen LogP contribution in [0.3, 0.4) is 0 Å². The van der Waals surface area contributed by atoms with Gasteiger partial charge in [-0.15, -0.1) is 0 Å². The summed E-state index contributed by atoms with van der Waals surface area (Å²) in [5.74, 6) is 0.253. The fraction of sp³-hybridized carbons (Fsp3) is 1.00. The molecule has 1 spiro atoms. The molecule has 2 fully saturated rings. The van der Waals surface area contributed by atoms with E-state index in [4.69, 9.17) is 15.2 Å². The highest BCUT2D eigenvalue weighted by Gasteiger charge is 2.46. The summed E-state index contributed by atoms with van der Waals surface area (Å²) in [5.41, 5.74) is 4.94. The van der Waals surface area contributed by atoms with E-state index in [9.17, 15) is 5.11 Å². The Morgan fingerprint density at radius 2 is 2.29 bits per heavy atom. The molecule has 0 aromatic heterocycles. The van der Waals surface area contributed by atoms with Crippen molar-refractivity contribution in [3.63, 3.8) is 0 Å². The maximum Gasteiger partial charge on any atom is 0.0940 e. The zero-order valence-corrected chi connectivity index (χ0v) is 10.8. The Bertz CT molecular complexity index is 253. The van der Waals surface area contributed by atoms with Crippen LogP contribution in [0.5, 0.6) is 0 Å². The van der Waals surface area contributed by atoms with Gasteiger partial charge in [0.05, 0.1) is 17.8 Å².